The molecule has 4 nitrogen and oxygen atoms in total. The topological polar surface area (TPSA) is 59.6 Å². The summed E-state index contributed by atoms with van der Waals surface area (Å²) >= 11 is 0. The average Bonchev–Trinajstić information content (AvgIpc) is 2.18. The number of ether oxygens (including phenoxy) is 1. The third-order valence-electron chi connectivity index (χ3n) is 2.06. The lowest BCUT2D eigenvalue weighted by Gasteiger charge is -2.29. The predicted molar refractivity (Wildman–Crippen MR) is 54.0 cm³/mol. The molecule has 0 saturated carbocycles. The van der Waals surface area contributed by atoms with Crippen molar-refractivity contribution >= 4 is 6.21 Å². The Morgan fingerprint density at radius 3 is 2.87 bits per heavy atom. The Bertz CT molecular complexity index is 256. The SMILES string of the molecule is CC1CNCC(C(/C=N/C(F)F)=C/N)O1. The molecule has 1 heterocycles. The first-order valence-corrected chi connectivity index (χ1v) is 4.72. The van der Waals surface area contributed by atoms with Gasteiger partial charge in [-0.2, -0.15) is 8.78 Å². The number of nitrogens with zero attached hydrogens (tertiary/aromatic N) is 1. The molecule has 0 amide bonds. The summed E-state index contributed by atoms with van der Waals surface area (Å²) in [5.41, 5.74) is 5.80. The van der Waals surface area contributed by atoms with Crippen molar-refractivity contribution in [3.63, 3.8) is 0 Å². The van der Waals surface area contributed by atoms with E-state index in [1.54, 1.807) is 0 Å². The summed E-state index contributed by atoms with van der Waals surface area (Å²) in [5, 5.41) is 3.12. The molecule has 0 aromatic carbocycles. The quantitative estimate of drug-likeness (QED) is 0.536. The van der Waals surface area contributed by atoms with E-state index >= 15 is 0 Å². The highest BCUT2D eigenvalue weighted by atomic mass is 19.3. The molecule has 0 spiro atoms. The Morgan fingerprint density at radius 2 is 2.33 bits per heavy atom. The number of hydrogen-bond acceptors (Lipinski definition) is 4. The highest BCUT2D eigenvalue weighted by molar-refractivity contribution is 5.79. The van der Waals surface area contributed by atoms with Gasteiger partial charge in [-0.1, -0.05) is 0 Å². The van der Waals surface area contributed by atoms with Gasteiger partial charge in [-0.3, -0.25) is 0 Å². The van der Waals surface area contributed by atoms with Crippen LogP contribution in [0.2, 0.25) is 0 Å². The van der Waals surface area contributed by atoms with Gasteiger partial charge in [0.15, 0.2) is 0 Å². The minimum absolute atomic E-state index is 0.0404. The smallest absolute Gasteiger partial charge is 0.331 e. The lowest BCUT2D eigenvalue weighted by molar-refractivity contribution is -0.00450. The Morgan fingerprint density at radius 1 is 1.60 bits per heavy atom. The number of nitrogens with two attached hydrogens (primary N) is 1. The van der Waals surface area contributed by atoms with Crippen molar-refractivity contribution in [2.45, 2.75) is 25.7 Å². The molecule has 0 aromatic rings. The number of rotatable bonds is 3. The molecule has 3 N–H and O–H groups in total. The van der Waals surface area contributed by atoms with Gasteiger partial charge >= 0.3 is 6.55 Å². The minimum atomic E-state index is -2.71. The Balaban J connectivity index is 2.58. The van der Waals surface area contributed by atoms with Crippen LogP contribution < -0.4 is 11.1 Å². The number of nitrogens with one attached hydrogen (secondary N) is 1. The maximum atomic E-state index is 11.9. The molecule has 1 fully saturated rings. The summed E-state index contributed by atoms with van der Waals surface area (Å²) in [6.07, 6.45) is 2.05. The molecular weight excluding hydrogens is 204 g/mol. The second kappa shape index (κ2) is 5.77. The molecule has 2 unspecified atom stereocenters. The Labute approximate surface area is 87.2 Å². The van der Waals surface area contributed by atoms with Crippen LogP contribution in [0.5, 0.6) is 0 Å². The van der Waals surface area contributed by atoms with Crippen molar-refractivity contribution in [2.24, 2.45) is 10.7 Å². The zero-order chi connectivity index (χ0) is 11.3. The van der Waals surface area contributed by atoms with E-state index in [9.17, 15) is 8.78 Å². The normalized spacial score (nSPS) is 28.9. The van der Waals surface area contributed by atoms with E-state index in [0.717, 1.165) is 12.8 Å². The largest absolute Gasteiger partial charge is 0.404 e. The molecule has 1 aliphatic rings. The first kappa shape index (κ1) is 12.1. The van der Waals surface area contributed by atoms with Crippen LogP contribution in [0.15, 0.2) is 16.8 Å². The molecule has 0 radical (unpaired) electrons. The first-order chi connectivity index (χ1) is 7.13. The van der Waals surface area contributed by atoms with Crippen LogP contribution in [-0.2, 0) is 4.74 Å². The van der Waals surface area contributed by atoms with Gasteiger partial charge < -0.3 is 15.8 Å². The van der Waals surface area contributed by atoms with Crippen LogP contribution in [0, 0.1) is 0 Å². The average molecular weight is 219 g/mol. The van der Waals surface area contributed by atoms with E-state index in [1.165, 1.54) is 6.20 Å². The maximum absolute atomic E-state index is 11.9. The number of morpholine rings is 1. The van der Waals surface area contributed by atoms with Crippen molar-refractivity contribution < 1.29 is 13.5 Å². The fourth-order valence-electron chi connectivity index (χ4n) is 1.37. The molecule has 1 saturated heterocycles. The number of alkyl halides is 2. The van der Waals surface area contributed by atoms with Crippen molar-refractivity contribution in [1.82, 2.24) is 5.32 Å². The number of halogens is 2. The van der Waals surface area contributed by atoms with E-state index in [4.69, 9.17) is 10.5 Å². The molecule has 0 bridgehead atoms. The van der Waals surface area contributed by atoms with Crippen molar-refractivity contribution in [3.05, 3.63) is 11.8 Å². The molecule has 15 heavy (non-hydrogen) atoms. The fourth-order valence-corrected chi connectivity index (χ4v) is 1.37. The zero-order valence-corrected chi connectivity index (χ0v) is 8.49. The molecule has 0 aromatic heterocycles. The Hall–Kier alpha value is -1.01. The molecular formula is C9H15F2N3O. The number of hydrogen-bond donors (Lipinski definition) is 2. The van der Waals surface area contributed by atoms with Crippen molar-refractivity contribution in [2.75, 3.05) is 13.1 Å². The van der Waals surface area contributed by atoms with E-state index in [2.05, 4.69) is 10.3 Å². The maximum Gasteiger partial charge on any atom is 0.331 e. The van der Waals surface area contributed by atoms with Gasteiger partial charge in [0.2, 0.25) is 0 Å². The van der Waals surface area contributed by atoms with Gasteiger partial charge in [-0.25, -0.2) is 4.99 Å². The summed E-state index contributed by atoms with van der Waals surface area (Å²) in [6.45, 7) is 0.495. The van der Waals surface area contributed by atoms with Gasteiger partial charge in [0.05, 0.1) is 12.2 Å². The number of aliphatic imine (C=N–C) groups is 1. The molecule has 6 heteroatoms. The van der Waals surface area contributed by atoms with E-state index in [-0.39, 0.29) is 12.2 Å². The minimum Gasteiger partial charge on any atom is -0.404 e. The molecule has 1 aliphatic heterocycles. The van der Waals surface area contributed by atoms with Gasteiger partial charge in [0.1, 0.15) is 0 Å². The molecule has 0 aliphatic carbocycles. The summed E-state index contributed by atoms with van der Waals surface area (Å²) in [4.78, 5) is 2.98. The summed E-state index contributed by atoms with van der Waals surface area (Å²) < 4.78 is 29.2. The van der Waals surface area contributed by atoms with Crippen molar-refractivity contribution in [1.29, 1.82) is 0 Å². The lowest BCUT2D eigenvalue weighted by atomic mass is 10.1. The third kappa shape index (κ3) is 3.93. The van der Waals surface area contributed by atoms with Gasteiger partial charge in [0.25, 0.3) is 0 Å². The Kier molecular flexibility index (Phi) is 4.64. The molecule has 86 valence electrons. The van der Waals surface area contributed by atoms with Crippen LogP contribution in [0.3, 0.4) is 0 Å². The van der Waals surface area contributed by atoms with Crippen LogP contribution in [0.4, 0.5) is 8.78 Å². The van der Waals surface area contributed by atoms with Crippen LogP contribution in [0.1, 0.15) is 6.92 Å². The van der Waals surface area contributed by atoms with Gasteiger partial charge in [0, 0.05) is 31.1 Å². The summed E-state index contributed by atoms with van der Waals surface area (Å²) in [7, 11) is 0. The van der Waals surface area contributed by atoms with Crippen molar-refractivity contribution in [3.8, 4) is 0 Å². The van der Waals surface area contributed by atoms with Crippen LogP contribution in [-0.4, -0.2) is 38.1 Å². The summed E-state index contributed by atoms with van der Waals surface area (Å²) in [6, 6.07) is 0. The summed E-state index contributed by atoms with van der Waals surface area (Å²) in [5.74, 6) is 0. The van der Waals surface area contributed by atoms with Crippen LogP contribution >= 0.6 is 0 Å². The highest BCUT2D eigenvalue weighted by Crippen LogP contribution is 2.10. The second-order valence-corrected chi connectivity index (χ2v) is 3.32. The third-order valence-corrected chi connectivity index (χ3v) is 2.06. The zero-order valence-electron chi connectivity index (χ0n) is 8.49. The standard InChI is InChI=1S/C9H15F2N3O/c1-6-3-13-5-8(15-6)7(2-12)4-14-9(10)11/h2,4,6,8-9,13H,3,5,12H2,1H3/b7-2+,14-4+. The van der Waals surface area contributed by atoms with E-state index in [1.807, 2.05) is 6.92 Å². The lowest BCUT2D eigenvalue weighted by Crippen LogP contribution is -2.44. The van der Waals surface area contributed by atoms with E-state index < -0.39 is 6.55 Å². The second-order valence-electron chi connectivity index (χ2n) is 3.32. The molecule has 1 rings (SSSR count). The van der Waals surface area contributed by atoms with Crippen LogP contribution in [0.25, 0.3) is 0 Å². The first-order valence-electron chi connectivity index (χ1n) is 4.72. The monoisotopic (exact) mass is 219 g/mol. The predicted octanol–water partition coefficient (Wildman–Crippen LogP) is 0.499. The van der Waals surface area contributed by atoms with Gasteiger partial charge in [-0.05, 0) is 6.92 Å². The fraction of sp³-hybridized carbons (Fsp3) is 0.667. The highest BCUT2D eigenvalue weighted by Gasteiger charge is 2.21. The molecule has 2 atom stereocenters. The van der Waals surface area contributed by atoms with Gasteiger partial charge in [-0.15, -0.1) is 0 Å². The van der Waals surface area contributed by atoms with E-state index in [0.29, 0.717) is 12.1 Å².